The maximum absolute atomic E-state index is 8.63. The zero-order chi connectivity index (χ0) is 73.7. The van der Waals surface area contributed by atoms with E-state index in [9.17, 15) is 0 Å². The molecule has 0 bridgehead atoms. The van der Waals surface area contributed by atoms with Crippen LogP contribution >= 0.6 is 0 Å². The maximum atomic E-state index is 8.63. The summed E-state index contributed by atoms with van der Waals surface area (Å²) in [5.41, 5.74) is 21.0. The van der Waals surface area contributed by atoms with Crippen LogP contribution in [0.2, 0.25) is 0 Å². The molecule has 11 heteroatoms. The number of ether oxygens (including phenoxy) is 4. The van der Waals surface area contributed by atoms with Crippen molar-refractivity contribution in [3.63, 3.8) is 0 Å². The molecule has 0 aromatic heterocycles. The van der Waals surface area contributed by atoms with E-state index in [1.165, 1.54) is 111 Å². The number of methoxy groups -OCH3 is 4. The van der Waals surface area contributed by atoms with Gasteiger partial charge in [0, 0.05) is 23.0 Å². The quantitative estimate of drug-likeness (QED) is 0.102. The van der Waals surface area contributed by atoms with Crippen molar-refractivity contribution in [1.82, 2.24) is 0 Å². The standard InChI is InChI=1S/2C15H13O2.2C13H9.2C9H7.4C6H6O.3Ti/c2*1-16-14-8-11-7-10-5-3-4-6-12(10)13(11)9-15(14)17-2;2*1-3-7-12-10(5-1)9-11-6-2-4-8-13(11)12;2*1-2-5-9-7-3-6-8(9)4-1;4*7-6-4-2-1-3-5-6;;;/h2*3-6,9H,7H2,1-2H3;2*1-5,7-8H,9H2;2*1-7H;4*1-5,7H;;;/q6*-1;;;;;3*+2. The van der Waals surface area contributed by atoms with E-state index in [1.807, 2.05) is 48.5 Å². The molecule has 0 unspecified atom stereocenters. The second-order valence-corrected chi connectivity index (χ2v) is 24.6. The fourth-order valence-corrected chi connectivity index (χ4v) is 12.6. The van der Waals surface area contributed by atoms with Gasteiger partial charge in [0.2, 0.25) is 0 Å². The number of aromatic hydroxyl groups is 4. The van der Waals surface area contributed by atoms with Gasteiger partial charge in [0.25, 0.3) is 0 Å². The maximum Gasteiger partial charge on any atom is 2.00 e. The zero-order valence-corrected chi connectivity index (χ0v) is 65.9. The smallest absolute Gasteiger partial charge is 0.551 e. The van der Waals surface area contributed by atoms with Crippen LogP contribution in [-0.2, 0) is 90.8 Å². The summed E-state index contributed by atoms with van der Waals surface area (Å²) < 4.78 is 21.2. The van der Waals surface area contributed by atoms with Crippen LogP contribution in [0.4, 0.5) is 0 Å². The van der Waals surface area contributed by atoms with Gasteiger partial charge in [0.15, 0.2) is 0 Å². The number of hydrogen-bond acceptors (Lipinski definition) is 8. The Labute approximate surface area is 685 Å². The van der Waals surface area contributed by atoms with Crippen LogP contribution in [0.1, 0.15) is 44.5 Å². The average Bonchev–Trinajstić information content (AvgIpc) is 1.65. The molecule has 4 N–H and O–H groups in total. The molecular formula is C98H82O8Ti3. The molecule has 16 aromatic carbocycles. The van der Waals surface area contributed by atoms with E-state index < -0.39 is 0 Å². The summed E-state index contributed by atoms with van der Waals surface area (Å²) in [5, 5.41) is 39.9. The van der Waals surface area contributed by atoms with Gasteiger partial charge < -0.3 is 39.4 Å². The summed E-state index contributed by atoms with van der Waals surface area (Å²) in [4.78, 5) is 0. The molecule has 16 aromatic rings. The summed E-state index contributed by atoms with van der Waals surface area (Å²) in [6.45, 7) is 0. The Morgan fingerprint density at radius 3 is 0.817 bits per heavy atom. The monoisotopic (exact) mass is 1530 g/mol. The average molecular weight is 1530 g/mol. The third-order valence-corrected chi connectivity index (χ3v) is 17.7. The van der Waals surface area contributed by atoms with Crippen molar-refractivity contribution in [1.29, 1.82) is 0 Å². The van der Waals surface area contributed by atoms with Crippen molar-refractivity contribution in [2.75, 3.05) is 28.4 Å². The number of fused-ring (bicyclic) bond motifs is 14. The molecule has 0 amide bonds. The molecule has 0 saturated heterocycles. The van der Waals surface area contributed by atoms with Gasteiger partial charge in [-0.1, -0.05) is 226 Å². The summed E-state index contributed by atoms with van der Waals surface area (Å²) in [7, 11) is 6.59. The van der Waals surface area contributed by atoms with Gasteiger partial charge in [-0.3, -0.25) is 0 Å². The van der Waals surface area contributed by atoms with Gasteiger partial charge >= 0.3 is 65.2 Å². The predicted molar refractivity (Wildman–Crippen MR) is 432 cm³/mol. The zero-order valence-electron chi connectivity index (χ0n) is 61.2. The fourth-order valence-electron chi connectivity index (χ4n) is 12.6. The minimum Gasteiger partial charge on any atom is -0.551 e. The molecule has 534 valence electrons. The number of phenolic OH excluding ortho intramolecular Hbond substituents is 4. The first kappa shape index (κ1) is 83.5. The first-order valence-corrected chi connectivity index (χ1v) is 34.9. The predicted octanol–water partition coefficient (Wildman–Crippen LogP) is 22.9. The summed E-state index contributed by atoms with van der Waals surface area (Å²) in [6.07, 6.45) is 3.94. The molecule has 20 rings (SSSR count). The van der Waals surface area contributed by atoms with Crippen molar-refractivity contribution in [2.24, 2.45) is 0 Å². The van der Waals surface area contributed by atoms with Gasteiger partial charge in [0.05, 0.1) is 28.4 Å². The van der Waals surface area contributed by atoms with Crippen LogP contribution in [0.15, 0.2) is 352 Å². The Morgan fingerprint density at radius 1 is 0.266 bits per heavy atom. The summed E-state index contributed by atoms with van der Waals surface area (Å²) in [6, 6.07) is 128. The van der Waals surface area contributed by atoms with Gasteiger partial charge in [-0.15, -0.1) is 117 Å². The molecule has 0 spiro atoms. The van der Waals surface area contributed by atoms with Crippen LogP contribution in [0.5, 0.6) is 46.0 Å². The van der Waals surface area contributed by atoms with E-state index in [-0.39, 0.29) is 65.2 Å². The van der Waals surface area contributed by atoms with E-state index in [0.717, 1.165) is 37.2 Å². The van der Waals surface area contributed by atoms with Gasteiger partial charge in [-0.05, 0) is 74.2 Å². The fraction of sp³-hybridized carbons (Fsp3) is 0.0816. The summed E-state index contributed by atoms with van der Waals surface area (Å²) >= 11 is 0. The summed E-state index contributed by atoms with van der Waals surface area (Å²) in [5.74, 6) is 4.12. The molecular weight excluding hydrogens is 1450 g/mol. The topological polar surface area (TPSA) is 118 Å². The normalized spacial score (nSPS) is 10.5. The molecule has 0 radical (unpaired) electrons. The number of hydrogen-bond donors (Lipinski definition) is 4. The molecule has 0 aliphatic heterocycles. The van der Waals surface area contributed by atoms with E-state index in [4.69, 9.17) is 39.4 Å². The van der Waals surface area contributed by atoms with Crippen molar-refractivity contribution in [2.45, 2.75) is 25.7 Å². The minimum absolute atomic E-state index is 0. The van der Waals surface area contributed by atoms with Crippen molar-refractivity contribution < 1.29 is 105 Å². The van der Waals surface area contributed by atoms with E-state index in [2.05, 4.69) is 231 Å². The Hall–Kier alpha value is -11.2. The van der Waals surface area contributed by atoms with E-state index in [0.29, 0.717) is 34.5 Å². The van der Waals surface area contributed by atoms with Gasteiger partial charge in [-0.25, -0.2) is 0 Å². The van der Waals surface area contributed by atoms with Crippen LogP contribution in [0, 0.1) is 24.3 Å². The molecule has 109 heavy (non-hydrogen) atoms. The molecule has 4 aliphatic carbocycles. The number of phenols is 4. The number of rotatable bonds is 4. The second-order valence-electron chi connectivity index (χ2n) is 24.6. The van der Waals surface area contributed by atoms with Crippen molar-refractivity contribution in [3.05, 3.63) is 421 Å². The van der Waals surface area contributed by atoms with E-state index >= 15 is 0 Å². The molecule has 4 aliphatic rings. The second kappa shape index (κ2) is 43.6. The molecule has 0 saturated carbocycles. The Morgan fingerprint density at radius 2 is 0.532 bits per heavy atom. The SMILES string of the molecule is COc1[c-]c2c(cc1OC)-c1ccccc1C2.COc1[c-]c2c(cc1OC)-c1ccccc1C2.Oc1ccccc1.Oc1ccccc1.Oc1ccccc1.Oc1ccccc1.[Ti+2].[Ti+2].[Ti+2].[c-]1cccc2c1Cc1ccccc1-2.[c-]1cccc2c1Cc1ccccc1-2.c1ccc2[cH-]ccc2c1.c1ccc2[cH-]ccc2c1. The Bertz CT molecular complexity index is 4820. The van der Waals surface area contributed by atoms with Crippen LogP contribution in [0.25, 0.3) is 66.1 Å². The Balaban J connectivity index is 0.000000155. The Kier molecular flexibility index (Phi) is 33.4. The van der Waals surface area contributed by atoms with Crippen molar-refractivity contribution >= 4 is 21.5 Å². The molecule has 0 atom stereocenters. The van der Waals surface area contributed by atoms with Gasteiger partial charge in [0.1, 0.15) is 23.0 Å². The van der Waals surface area contributed by atoms with Crippen LogP contribution < -0.4 is 18.9 Å². The number of para-hydroxylation sites is 4. The molecule has 8 nitrogen and oxygen atoms in total. The van der Waals surface area contributed by atoms with Gasteiger partial charge in [-0.2, -0.15) is 94.7 Å². The third kappa shape index (κ3) is 23.4. The third-order valence-electron chi connectivity index (χ3n) is 17.7. The van der Waals surface area contributed by atoms with E-state index in [1.54, 1.807) is 126 Å². The molecule has 0 heterocycles. The van der Waals surface area contributed by atoms with Crippen LogP contribution in [0.3, 0.4) is 0 Å². The van der Waals surface area contributed by atoms with Crippen LogP contribution in [-0.4, -0.2) is 48.9 Å². The largest absolute Gasteiger partial charge is 2.00 e. The first-order chi connectivity index (χ1) is 52.1. The number of benzene rings is 14. The first-order valence-electron chi connectivity index (χ1n) is 34.9. The molecule has 0 fully saturated rings. The minimum atomic E-state index is 0. The van der Waals surface area contributed by atoms with Crippen molar-refractivity contribution in [3.8, 4) is 90.5 Å².